The van der Waals surface area contributed by atoms with Crippen molar-refractivity contribution in [1.29, 1.82) is 31.6 Å². The lowest BCUT2D eigenvalue weighted by molar-refractivity contribution is 1.10. The zero-order valence-corrected chi connectivity index (χ0v) is 14.6. The first kappa shape index (κ1) is 17.8. The molecule has 0 amide bonds. The van der Waals surface area contributed by atoms with E-state index in [1.807, 2.05) is 24.3 Å². The van der Waals surface area contributed by atoms with Gasteiger partial charge in [-0.15, -0.1) is 0 Å². The van der Waals surface area contributed by atoms with E-state index < -0.39 is 12.1 Å². The summed E-state index contributed by atoms with van der Waals surface area (Å²) in [5, 5.41) is 61.7. The van der Waals surface area contributed by atoms with Crippen LogP contribution in [0.5, 0.6) is 0 Å². The largest absolute Gasteiger partial charge is 0.361 e. The van der Waals surface area contributed by atoms with Crippen LogP contribution >= 0.6 is 0 Å². The quantitative estimate of drug-likeness (QED) is 0.656. The Balaban J connectivity index is 2.21. The highest BCUT2D eigenvalue weighted by Crippen LogP contribution is 2.50. The minimum atomic E-state index is -1.07. The van der Waals surface area contributed by atoms with Crippen LogP contribution < -0.4 is 10.6 Å². The summed E-state index contributed by atoms with van der Waals surface area (Å²) in [4.78, 5) is 16.8. The molecule has 2 aliphatic rings. The van der Waals surface area contributed by atoms with Gasteiger partial charge in [0.15, 0.2) is 34.9 Å². The van der Waals surface area contributed by atoms with Crippen molar-refractivity contribution in [3.05, 3.63) is 11.4 Å². The van der Waals surface area contributed by atoms with Crippen LogP contribution in [-0.4, -0.2) is 33.5 Å². The second kappa shape index (κ2) is 6.55. The van der Waals surface area contributed by atoms with Crippen LogP contribution in [0.15, 0.2) is 9.98 Å². The van der Waals surface area contributed by atoms with Crippen LogP contribution in [0.4, 0.5) is 22.7 Å². The van der Waals surface area contributed by atoms with Crippen molar-refractivity contribution in [2.24, 2.45) is 9.98 Å². The van der Waals surface area contributed by atoms with E-state index in [1.54, 1.807) is 12.1 Å². The highest BCUT2D eigenvalue weighted by Gasteiger charge is 2.34. The maximum atomic E-state index is 9.37. The second-order valence-electron chi connectivity index (χ2n) is 5.92. The molecule has 2 aromatic rings. The van der Waals surface area contributed by atoms with Crippen molar-refractivity contribution in [2.45, 2.75) is 12.1 Å². The lowest BCUT2D eigenvalue weighted by Crippen LogP contribution is -2.33. The molecule has 1 aromatic carbocycles. The fraction of sp³-hybridized carbons (Fsp3) is 0.111. The third-order valence-corrected chi connectivity index (χ3v) is 4.36. The number of fused-ring (bicyclic) bond motifs is 6. The first-order valence-electron chi connectivity index (χ1n) is 8.11. The minimum absolute atomic E-state index is 0.0502. The van der Waals surface area contributed by atoms with Crippen LogP contribution in [0.1, 0.15) is 11.4 Å². The van der Waals surface area contributed by atoms with Crippen molar-refractivity contribution in [3.63, 3.8) is 0 Å². The van der Waals surface area contributed by atoms with E-state index in [4.69, 9.17) is 0 Å². The van der Waals surface area contributed by atoms with Crippen LogP contribution in [0, 0.1) is 68.0 Å². The molecule has 3 heterocycles. The Labute approximate surface area is 167 Å². The Morgan fingerprint density at radius 2 is 1.00 bits per heavy atom. The maximum Gasteiger partial charge on any atom is 0.177 e. The van der Waals surface area contributed by atoms with Crippen LogP contribution in [0.2, 0.25) is 0 Å². The average Bonchev–Trinajstić information content (AvgIpc) is 2.81. The van der Waals surface area contributed by atoms with Gasteiger partial charge in [0.2, 0.25) is 0 Å². The Morgan fingerprint density at radius 1 is 0.600 bits per heavy atom. The number of aromatic nitrogens is 2. The van der Waals surface area contributed by atoms with Crippen LogP contribution in [0.25, 0.3) is 11.0 Å². The van der Waals surface area contributed by atoms with Gasteiger partial charge in [0.25, 0.3) is 0 Å². The van der Waals surface area contributed by atoms with Crippen molar-refractivity contribution in [3.8, 4) is 36.4 Å². The van der Waals surface area contributed by atoms with E-state index in [-0.39, 0.29) is 56.6 Å². The topological polar surface area (TPSA) is 217 Å². The van der Waals surface area contributed by atoms with Gasteiger partial charge in [-0.3, -0.25) is 0 Å². The number of rotatable bonds is 0. The molecule has 30 heavy (non-hydrogen) atoms. The van der Waals surface area contributed by atoms with Crippen molar-refractivity contribution in [1.82, 2.24) is 9.97 Å². The van der Waals surface area contributed by atoms with Gasteiger partial charge in [-0.05, 0) is 0 Å². The number of benzene rings is 1. The summed E-state index contributed by atoms with van der Waals surface area (Å²) in [5.41, 5.74) is -0.0604. The number of nitrogens with one attached hydrogen (secondary N) is 2. The zero-order chi connectivity index (χ0) is 21.4. The molecule has 0 aliphatic carbocycles. The van der Waals surface area contributed by atoms with Gasteiger partial charge in [-0.2, -0.15) is 31.6 Å². The van der Waals surface area contributed by atoms with E-state index in [9.17, 15) is 31.6 Å². The van der Waals surface area contributed by atoms with Crippen molar-refractivity contribution in [2.75, 3.05) is 10.6 Å². The summed E-state index contributed by atoms with van der Waals surface area (Å²) in [5.74, 6) is 0. The van der Waals surface area contributed by atoms with Crippen molar-refractivity contribution >= 4 is 45.2 Å². The zero-order valence-electron chi connectivity index (χ0n) is 14.6. The van der Waals surface area contributed by atoms with Crippen LogP contribution in [-0.2, 0) is 0 Å². The van der Waals surface area contributed by atoms with E-state index in [0.717, 1.165) is 0 Å². The van der Waals surface area contributed by atoms with E-state index in [1.165, 1.54) is 0 Å². The van der Waals surface area contributed by atoms with Gasteiger partial charge in [-0.25, -0.2) is 20.0 Å². The fourth-order valence-electron chi connectivity index (χ4n) is 3.06. The number of nitriles is 6. The predicted molar refractivity (Wildman–Crippen MR) is 100 cm³/mol. The number of hydrogen-bond donors (Lipinski definition) is 2. The molecule has 2 N–H and O–H groups in total. The molecular formula is C18H4N12. The Hall–Kier alpha value is -5.56. The molecular weight excluding hydrogens is 384 g/mol. The smallest absolute Gasteiger partial charge is 0.177 e. The minimum Gasteiger partial charge on any atom is -0.361 e. The first-order chi connectivity index (χ1) is 14.6. The standard InChI is InChI=1S/C18H4N12/c19-1-7-8(2-20)26-14-13(25-7)15-17(29-10(4-22)9(3-21)27-15)18-16(14)28-11(5-23)12(6-24)30-18/h7,9,25,27H. The molecule has 2 atom stereocenters. The molecule has 0 saturated heterocycles. The lowest BCUT2D eigenvalue weighted by atomic mass is 10.0. The molecule has 136 valence electrons. The molecule has 0 fully saturated rings. The molecule has 12 nitrogen and oxygen atoms in total. The molecule has 0 bridgehead atoms. The third-order valence-electron chi connectivity index (χ3n) is 4.36. The molecule has 12 heteroatoms. The van der Waals surface area contributed by atoms with Gasteiger partial charge >= 0.3 is 0 Å². The Bertz CT molecular complexity index is 1360. The molecule has 4 rings (SSSR count). The molecule has 2 unspecified atom stereocenters. The highest BCUT2D eigenvalue weighted by atomic mass is 15.1. The summed E-state index contributed by atoms with van der Waals surface area (Å²) in [6.45, 7) is 0. The molecule has 0 saturated carbocycles. The third kappa shape index (κ3) is 2.34. The fourth-order valence-corrected chi connectivity index (χ4v) is 3.06. The van der Waals surface area contributed by atoms with E-state index in [2.05, 4.69) is 30.6 Å². The second-order valence-corrected chi connectivity index (χ2v) is 5.92. The van der Waals surface area contributed by atoms with Gasteiger partial charge in [0.05, 0.1) is 23.5 Å². The number of nitrogens with zero attached hydrogens (tertiary/aromatic N) is 10. The summed E-state index contributed by atoms with van der Waals surface area (Å²) in [6.07, 6.45) is 0. The summed E-state index contributed by atoms with van der Waals surface area (Å²) >= 11 is 0. The molecule has 2 aliphatic heterocycles. The summed E-state index contributed by atoms with van der Waals surface area (Å²) in [7, 11) is 0. The Kier molecular flexibility index (Phi) is 3.90. The summed E-state index contributed by atoms with van der Waals surface area (Å²) in [6, 6.07) is 8.89. The molecule has 1 aromatic heterocycles. The van der Waals surface area contributed by atoms with Gasteiger partial charge < -0.3 is 10.6 Å². The van der Waals surface area contributed by atoms with Gasteiger partial charge in [-0.1, -0.05) is 0 Å². The van der Waals surface area contributed by atoms with Gasteiger partial charge in [0.1, 0.15) is 46.7 Å². The number of hydrogen-bond acceptors (Lipinski definition) is 12. The number of anilines is 2. The highest BCUT2D eigenvalue weighted by molar-refractivity contribution is 6.21. The molecule has 0 spiro atoms. The average molecular weight is 388 g/mol. The van der Waals surface area contributed by atoms with Gasteiger partial charge in [0, 0.05) is 0 Å². The maximum absolute atomic E-state index is 9.37. The van der Waals surface area contributed by atoms with E-state index >= 15 is 0 Å². The number of aliphatic imine (C=N–C) groups is 2. The monoisotopic (exact) mass is 388 g/mol. The summed E-state index contributed by atoms with van der Waals surface area (Å²) < 4.78 is 0. The van der Waals surface area contributed by atoms with Crippen molar-refractivity contribution < 1.29 is 0 Å². The normalized spacial score (nSPS) is 18.1. The lowest BCUT2D eigenvalue weighted by Gasteiger charge is -2.28. The van der Waals surface area contributed by atoms with Crippen LogP contribution in [0.3, 0.4) is 0 Å². The Morgan fingerprint density at radius 3 is 1.30 bits per heavy atom. The SMILES string of the molecule is N#CC1=Nc2c(c3c(c4nc(C#N)c(C#N)nc24)N=C(C#N)C(C#N)N3)NC1C#N. The first-order valence-corrected chi connectivity index (χ1v) is 8.11. The molecule has 0 radical (unpaired) electrons. The predicted octanol–water partition coefficient (Wildman–Crippen LogP) is 1.20. The van der Waals surface area contributed by atoms with E-state index in [0.29, 0.717) is 0 Å².